The summed E-state index contributed by atoms with van der Waals surface area (Å²) in [6.07, 6.45) is 2.30. The van der Waals surface area contributed by atoms with Crippen molar-refractivity contribution in [3.63, 3.8) is 0 Å². The van der Waals surface area contributed by atoms with Crippen LogP contribution in [0.1, 0.15) is 18.4 Å². The number of carbonyl (C=O) groups excluding carboxylic acids is 1. The Morgan fingerprint density at radius 2 is 2.25 bits per heavy atom. The van der Waals surface area contributed by atoms with Crippen molar-refractivity contribution >= 4 is 39.9 Å². The fourth-order valence-electron chi connectivity index (χ4n) is 2.82. The number of nitrogens with two attached hydrogens (primary N) is 1. The lowest BCUT2D eigenvalue weighted by atomic mass is 10.1. The van der Waals surface area contributed by atoms with Gasteiger partial charge in [-0.1, -0.05) is 22.0 Å². The number of fused-ring (bicyclic) bond motifs is 1. The van der Waals surface area contributed by atoms with Crippen LogP contribution in [0.3, 0.4) is 0 Å². The molecule has 1 aromatic rings. The molecule has 2 heterocycles. The molecule has 0 saturated carbocycles. The first-order valence-corrected chi connectivity index (χ1v) is 7.43. The largest absolute Gasteiger partial charge is 0.364 e. The maximum absolute atomic E-state index is 12.5. The summed E-state index contributed by atoms with van der Waals surface area (Å²) in [4.78, 5) is 14.4. The molecule has 2 atom stereocenters. The SMILES string of the molecule is Cl.NC[C@H]1CC[C@@H](C(=O)N2CCc3ccc(Br)cc32)O1. The van der Waals surface area contributed by atoms with Crippen LogP contribution in [0.25, 0.3) is 0 Å². The van der Waals surface area contributed by atoms with Gasteiger partial charge in [-0.05, 0) is 37.0 Å². The number of hydrogen-bond acceptors (Lipinski definition) is 3. The van der Waals surface area contributed by atoms with Gasteiger partial charge in [0.15, 0.2) is 0 Å². The minimum atomic E-state index is -0.321. The Morgan fingerprint density at radius 1 is 1.45 bits per heavy atom. The fourth-order valence-corrected chi connectivity index (χ4v) is 3.16. The molecule has 0 bridgehead atoms. The first kappa shape index (κ1) is 15.8. The van der Waals surface area contributed by atoms with E-state index in [9.17, 15) is 4.79 Å². The average Bonchev–Trinajstić information content (AvgIpc) is 3.04. The van der Waals surface area contributed by atoms with E-state index >= 15 is 0 Å². The normalized spacial score (nSPS) is 24.4. The topological polar surface area (TPSA) is 55.6 Å². The summed E-state index contributed by atoms with van der Waals surface area (Å²) < 4.78 is 6.70. The number of ether oxygens (including phenoxy) is 1. The summed E-state index contributed by atoms with van der Waals surface area (Å²) in [5, 5.41) is 0. The standard InChI is InChI=1S/C14H17BrN2O2.ClH/c15-10-2-1-9-5-6-17(12(9)7-10)14(18)13-4-3-11(8-16)19-13;/h1-2,7,11,13H,3-6,8,16H2;1H/t11-,13+;/m1./s1. The first-order valence-electron chi connectivity index (χ1n) is 6.64. The summed E-state index contributed by atoms with van der Waals surface area (Å²) >= 11 is 3.46. The molecule has 0 aliphatic carbocycles. The van der Waals surface area contributed by atoms with Crippen molar-refractivity contribution in [1.82, 2.24) is 0 Å². The lowest BCUT2D eigenvalue weighted by Gasteiger charge is -2.21. The van der Waals surface area contributed by atoms with E-state index in [1.165, 1.54) is 5.56 Å². The number of benzene rings is 1. The van der Waals surface area contributed by atoms with Crippen LogP contribution < -0.4 is 10.6 Å². The number of anilines is 1. The number of amides is 1. The van der Waals surface area contributed by atoms with Crippen LogP contribution in [-0.2, 0) is 16.0 Å². The van der Waals surface area contributed by atoms with E-state index in [4.69, 9.17) is 10.5 Å². The van der Waals surface area contributed by atoms with E-state index in [0.717, 1.165) is 36.0 Å². The monoisotopic (exact) mass is 360 g/mol. The quantitative estimate of drug-likeness (QED) is 0.879. The summed E-state index contributed by atoms with van der Waals surface area (Å²) in [7, 11) is 0. The second-order valence-electron chi connectivity index (χ2n) is 5.07. The molecule has 1 aromatic carbocycles. The number of halogens is 2. The van der Waals surface area contributed by atoms with Crippen LogP contribution >= 0.6 is 28.3 Å². The van der Waals surface area contributed by atoms with Gasteiger partial charge in [0.05, 0.1) is 6.10 Å². The molecule has 2 N–H and O–H groups in total. The van der Waals surface area contributed by atoms with E-state index < -0.39 is 0 Å². The number of hydrogen-bond donors (Lipinski definition) is 1. The van der Waals surface area contributed by atoms with Gasteiger partial charge in [0.2, 0.25) is 0 Å². The molecule has 0 radical (unpaired) electrons. The molecule has 0 aromatic heterocycles. The predicted octanol–water partition coefficient (Wildman–Crippen LogP) is 2.27. The highest BCUT2D eigenvalue weighted by Crippen LogP contribution is 2.33. The zero-order valence-electron chi connectivity index (χ0n) is 11.0. The van der Waals surface area contributed by atoms with Gasteiger partial charge in [-0.25, -0.2) is 0 Å². The molecule has 2 aliphatic rings. The van der Waals surface area contributed by atoms with E-state index in [0.29, 0.717) is 6.54 Å². The van der Waals surface area contributed by atoms with Gasteiger partial charge >= 0.3 is 0 Å². The molecule has 110 valence electrons. The van der Waals surface area contributed by atoms with E-state index in [-0.39, 0.29) is 30.5 Å². The molecule has 1 amide bonds. The zero-order chi connectivity index (χ0) is 13.4. The third-order valence-corrected chi connectivity index (χ3v) is 4.35. The summed E-state index contributed by atoms with van der Waals surface area (Å²) in [5.74, 6) is 0.0767. The smallest absolute Gasteiger partial charge is 0.256 e. The third kappa shape index (κ3) is 2.86. The van der Waals surface area contributed by atoms with E-state index in [2.05, 4.69) is 22.0 Å². The minimum absolute atomic E-state index is 0. The Hall–Kier alpha value is -0.620. The van der Waals surface area contributed by atoms with Gasteiger partial charge in [-0.2, -0.15) is 0 Å². The Morgan fingerprint density at radius 3 is 2.95 bits per heavy atom. The molecule has 1 fully saturated rings. The summed E-state index contributed by atoms with van der Waals surface area (Å²) in [5.41, 5.74) is 7.83. The van der Waals surface area contributed by atoms with Crippen molar-refractivity contribution in [2.45, 2.75) is 31.5 Å². The Kier molecular flexibility index (Phi) is 5.07. The van der Waals surface area contributed by atoms with Gasteiger partial charge < -0.3 is 15.4 Å². The van der Waals surface area contributed by atoms with Crippen LogP contribution in [0.5, 0.6) is 0 Å². The van der Waals surface area contributed by atoms with Crippen LogP contribution in [0, 0.1) is 0 Å². The lowest BCUT2D eigenvalue weighted by Crippen LogP contribution is -2.38. The zero-order valence-corrected chi connectivity index (χ0v) is 13.5. The summed E-state index contributed by atoms with van der Waals surface area (Å²) in [6, 6.07) is 6.10. The third-order valence-electron chi connectivity index (χ3n) is 3.85. The predicted molar refractivity (Wildman–Crippen MR) is 84.4 cm³/mol. The highest BCUT2D eigenvalue weighted by atomic mass is 79.9. The number of nitrogens with zero attached hydrogens (tertiary/aromatic N) is 1. The Labute approximate surface area is 133 Å². The minimum Gasteiger partial charge on any atom is -0.364 e. The number of rotatable bonds is 2. The van der Waals surface area contributed by atoms with Crippen LogP contribution in [0.2, 0.25) is 0 Å². The van der Waals surface area contributed by atoms with Gasteiger partial charge in [-0.15, -0.1) is 12.4 Å². The second-order valence-corrected chi connectivity index (χ2v) is 5.99. The van der Waals surface area contributed by atoms with E-state index in [1.54, 1.807) is 0 Å². The summed E-state index contributed by atoms with van der Waals surface area (Å²) in [6.45, 7) is 1.24. The van der Waals surface area contributed by atoms with Crippen molar-refractivity contribution in [3.8, 4) is 0 Å². The Bertz CT molecular complexity index is 512. The molecular formula is C14H18BrClN2O2. The average molecular weight is 362 g/mol. The molecular weight excluding hydrogens is 344 g/mol. The fraction of sp³-hybridized carbons (Fsp3) is 0.500. The van der Waals surface area contributed by atoms with Crippen molar-refractivity contribution in [1.29, 1.82) is 0 Å². The van der Waals surface area contributed by atoms with Crippen molar-refractivity contribution in [3.05, 3.63) is 28.2 Å². The second kappa shape index (κ2) is 6.43. The molecule has 0 spiro atoms. The van der Waals surface area contributed by atoms with Crippen molar-refractivity contribution in [2.24, 2.45) is 5.73 Å². The van der Waals surface area contributed by atoms with Crippen molar-refractivity contribution in [2.75, 3.05) is 18.0 Å². The molecule has 2 aliphatic heterocycles. The Balaban J connectivity index is 0.00000147. The first-order chi connectivity index (χ1) is 9.19. The molecule has 0 unspecified atom stereocenters. The molecule has 3 rings (SSSR count). The molecule has 20 heavy (non-hydrogen) atoms. The van der Waals surface area contributed by atoms with Gasteiger partial charge in [-0.3, -0.25) is 4.79 Å². The van der Waals surface area contributed by atoms with Gasteiger partial charge in [0, 0.05) is 23.2 Å². The van der Waals surface area contributed by atoms with Crippen LogP contribution in [-0.4, -0.2) is 31.2 Å². The van der Waals surface area contributed by atoms with Gasteiger partial charge in [0.1, 0.15) is 6.10 Å². The lowest BCUT2D eigenvalue weighted by molar-refractivity contribution is -0.129. The van der Waals surface area contributed by atoms with Crippen LogP contribution in [0.15, 0.2) is 22.7 Å². The maximum atomic E-state index is 12.5. The molecule has 4 nitrogen and oxygen atoms in total. The molecule has 6 heteroatoms. The molecule has 1 saturated heterocycles. The van der Waals surface area contributed by atoms with E-state index in [1.807, 2.05) is 17.0 Å². The van der Waals surface area contributed by atoms with Gasteiger partial charge in [0.25, 0.3) is 5.91 Å². The highest BCUT2D eigenvalue weighted by Gasteiger charge is 2.35. The number of carbonyl (C=O) groups is 1. The maximum Gasteiger partial charge on any atom is 0.256 e. The van der Waals surface area contributed by atoms with Crippen molar-refractivity contribution < 1.29 is 9.53 Å². The highest BCUT2D eigenvalue weighted by molar-refractivity contribution is 9.10. The van der Waals surface area contributed by atoms with Crippen LogP contribution in [0.4, 0.5) is 5.69 Å².